The number of anilines is 2. The predicted octanol–water partition coefficient (Wildman–Crippen LogP) is 3.43. The number of carbonyl (C=O) groups is 2. The van der Waals surface area contributed by atoms with E-state index >= 15 is 0 Å². The van der Waals surface area contributed by atoms with Crippen LogP contribution in [0.2, 0.25) is 5.02 Å². The van der Waals surface area contributed by atoms with Gasteiger partial charge in [0, 0.05) is 10.7 Å². The minimum atomic E-state index is -4.05. The Kier molecular flexibility index (Phi) is 7.64. The molecule has 2 aromatic rings. The summed E-state index contributed by atoms with van der Waals surface area (Å²) < 4.78 is 30.5. The van der Waals surface area contributed by atoms with Gasteiger partial charge in [0.05, 0.1) is 12.8 Å². The Morgan fingerprint density at radius 2 is 1.76 bits per heavy atom. The van der Waals surface area contributed by atoms with Crippen LogP contribution in [-0.4, -0.2) is 38.3 Å². The molecule has 2 N–H and O–H groups in total. The van der Waals surface area contributed by atoms with E-state index in [9.17, 15) is 18.0 Å². The van der Waals surface area contributed by atoms with E-state index in [1.807, 2.05) is 6.92 Å². The molecule has 0 aliphatic heterocycles. The first-order valence-electron chi connectivity index (χ1n) is 8.88. The van der Waals surface area contributed by atoms with E-state index < -0.39 is 32.7 Å². The van der Waals surface area contributed by atoms with E-state index in [1.165, 1.54) is 13.2 Å². The zero-order valence-corrected chi connectivity index (χ0v) is 17.9. The van der Waals surface area contributed by atoms with E-state index in [0.717, 1.165) is 5.56 Å². The average molecular weight is 439 g/mol. The van der Waals surface area contributed by atoms with Gasteiger partial charge in [0.15, 0.2) is 9.84 Å². The third-order valence-electron chi connectivity index (χ3n) is 4.18. The van der Waals surface area contributed by atoms with Crippen molar-refractivity contribution in [1.82, 2.24) is 0 Å². The highest BCUT2D eigenvalue weighted by Crippen LogP contribution is 2.28. The van der Waals surface area contributed by atoms with Gasteiger partial charge in [-0.15, -0.1) is 0 Å². The zero-order valence-electron chi connectivity index (χ0n) is 16.4. The Bertz CT molecular complexity index is 990. The molecule has 2 amide bonds. The van der Waals surface area contributed by atoms with E-state index in [0.29, 0.717) is 16.5 Å². The van der Waals surface area contributed by atoms with Crippen molar-refractivity contribution in [2.24, 2.45) is 0 Å². The van der Waals surface area contributed by atoms with Crippen molar-refractivity contribution >= 4 is 44.6 Å². The second-order valence-electron chi connectivity index (χ2n) is 6.45. The van der Waals surface area contributed by atoms with Crippen molar-refractivity contribution in [2.45, 2.75) is 25.5 Å². The van der Waals surface area contributed by atoms with E-state index in [4.69, 9.17) is 16.3 Å². The molecule has 0 fully saturated rings. The molecule has 0 saturated heterocycles. The quantitative estimate of drug-likeness (QED) is 0.657. The minimum absolute atomic E-state index is 0.00879. The highest BCUT2D eigenvalue weighted by atomic mass is 35.5. The van der Waals surface area contributed by atoms with Crippen LogP contribution in [0.4, 0.5) is 11.4 Å². The molecule has 2 aromatic carbocycles. The SMILES string of the molecule is CCC(C(=O)Nc1cc(Cl)ccc1OC)S(=O)(=O)CC(=O)Nc1ccc(C)cc1. The Labute approximate surface area is 175 Å². The molecule has 0 aliphatic rings. The zero-order chi connectivity index (χ0) is 21.6. The highest BCUT2D eigenvalue weighted by molar-refractivity contribution is 7.93. The van der Waals surface area contributed by atoms with Crippen LogP contribution in [-0.2, 0) is 19.4 Å². The third-order valence-corrected chi connectivity index (χ3v) is 6.50. The lowest BCUT2D eigenvalue weighted by molar-refractivity contribution is -0.115. The Hall–Kier alpha value is -2.58. The topological polar surface area (TPSA) is 102 Å². The number of benzene rings is 2. The molecule has 0 aromatic heterocycles. The van der Waals surface area contributed by atoms with E-state index in [-0.39, 0.29) is 12.1 Å². The molecule has 1 atom stereocenters. The van der Waals surface area contributed by atoms with Crippen molar-refractivity contribution < 1.29 is 22.7 Å². The number of hydrogen-bond acceptors (Lipinski definition) is 5. The monoisotopic (exact) mass is 438 g/mol. The van der Waals surface area contributed by atoms with Crippen LogP contribution >= 0.6 is 11.6 Å². The minimum Gasteiger partial charge on any atom is -0.495 e. The maximum Gasteiger partial charge on any atom is 0.242 e. The number of carbonyl (C=O) groups excluding carboxylic acids is 2. The molecule has 9 heteroatoms. The fraction of sp³-hybridized carbons (Fsp3) is 0.300. The van der Waals surface area contributed by atoms with Crippen molar-refractivity contribution in [3.05, 3.63) is 53.1 Å². The fourth-order valence-corrected chi connectivity index (χ4v) is 4.41. The number of methoxy groups -OCH3 is 1. The molecule has 0 heterocycles. The molecule has 0 saturated carbocycles. The van der Waals surface area contributed by atoms with Gasteiger partial charge in [-0.05, 0) is 43.7 Å². The summed E-state index contributed by atoms with van der Waals surface area (Å²) >= 11 is 5.94. The molecule has 7 nitrogen and oxygen atoms in total. The number of ether oxygens (including phenoxy) is 1. The van der Waals surface area contributed by atoms with Crippen molar-refractivity contribution in [1.29, 1.82) is 0 Å². The van der Waals surface area contributed by atoms with E-state index in [2.05, 4.69) is 10.6 Å². The summed E-state index contributed by atoms with van der Waals surface area (Å²) in [6.07, 6.45) is 0.00879. The van der Waals surface area contributed by atoms with Gasteiger partial charge < -0.3 is 15.4 Å². The van der Waals surface area contributed by atoms with Crippen LogP contribution in [0.25, 0.3) is 0 Å². The van der Waals surface area contributed by atoms with Gasteiger partial charge in [-0.2, -0.15) is 0 Å². The highest BCUT2D eigenvalue weighted by Gasteiger charge is 2.33. The largest absolute Gasteiger partial charge is 0.495 e. The van der Waals surface area contributed by atoms with Crippen molar-refractivity contribution in [3.63, 3.8) is 0 Å². The van der Waals surface area contributed by atoms with Gasteiger partial charge >= 0.3 is 0 Å². The first-order valence-corrected chi connectivity index (χ1v) is 11.0. The van der Waals surface area contributed by atoms with Gasteiger partial charge in [-0.3, -0.25) is 9.59 Å². The number of aryl methyl sites for hydroxylation is 1. The maximum absolute atomic E-state index is 12.7. The Balaban J connectivity index is 2.12. The van der Waals surface area contributed by atoms with Gasteiger partial charge in [0.1, 0.15) is 16.8 Å². The van der Waals surface area contributed by atoms with Crippen LogP contribution in [0, 0.1) is 6.92 Å². The summed E-state index contributed by atoms with van der Waals surface area (Å²) in [5.74, 6) is -1.93. The van der Waals surface area contributed by atoms with Crippen molar-refractivity contribution in [2.75, 3.05) is 23.5 Å². The Morgan fingerprint density at radius 3 is 2.34 bits per heavy atom. The molecule has 0 bridgehead atoms. The summed E-state index contributed by atoms with van der Waals surface area (Å²) in [6.45, 7) is 3.46. The van der Waals surface area contributed by atoms with Gasteiger partial charge in [0.25, 0.3) is 0 Å². The third kappa shape index (κ3) is 6.20. The first-order chi connectivity index (χ1) is 13.7. The molecule has 29 heavy (non-hydrogen) atoms. The standard InChI is InChI=1S/C20H23ClN2O5S/c1-4-18(20(25)23-16-11-14(21)7-10-17(16)28-3)29(26,27)12-19(24)22-15-8-5-13(2)6-9-15/h5-11,18H,4,12H2,1-3H3,(H,22,24)(H,23,25). The molecule has 2 rings (SSSR count). The van der Waals surface area contributed by atoms with Crippen LogP contribution in [0.1, 0.15) is 18.9 Å². The van der Waals surface area contributed by atoms with Crippen LogP contribution in [0.3, 0.4) is 0 Å². The van der Waals surface area contributed by atoms with Gasteiger partial charge in [0.2, 0.25) is 11.8 Å². The fourth-order valence-electron chi connectivity index (χ4n) is 2.71. The number of sulfone groups is 1. The summed E-state index contributed by atoms with van der Waals surface area (Å²) in [4.78, 5) is 24.8. The lowest BCUT2D eigenvalue weighted by Gasteiger charge is -2.17. The number of amides is 2. The molecule has 1 unspecified atom stereocenters. The Morgan fingerprint density at radius 1 is 1.10 bits per heavy atom. The van der Waals surface area contributed by atoms with Crippen molar-refractivity contribution in [3.8, 4) is 5.75 Å². The summed E-state index contributed by atoms with van der Waals surface area (Å²) in [5.41, 5.74) is 1.74. The summed E-state index contributed by atoms with van der Waals surface area (Å²) in [5, 5.41) is 4.02. The van der Waals surface area contributed by atoms with E-state index in [1.54, 1.807) is 43.3 Å². The van der Waals surface area contributed by atoms with Crippen LogP contribution in [0.15, 0.2) is 42.5 Å². The molecule has 0 aliphatic carbocycles. The lowest BCUT2D eigenvalue weighted by Crippen LogP contribution is -2.39. The normalized spacial score (nSPS) is 12.1. The first kappa shape index (κ1) is 22.7. The summed E-state index contributed by atoms with van der Waals surface area (Å²) in [6, 6.07) is 11.5. The van der Waals surface area contributed by atoms with Crippen LogP contribution in [0.5, 0.6) is 5.75 Å². The molecular formula is C20H23ClN2O5S. The summed E-state index contributed by atoms with van der Waals surface area (Å²) in [7, 11) is -2.63. The second-order valence-corrected chi connectivity index (χ2v) is 9.07. The maximum atomic E-state index is 12.7. The predicted molar refractivity (Wildman–Crippen MR) is 114 cm³/mol. The number of hydrogen-bond donors (Lipinski definition) is 2. The van der Waals surface area contributed by atoms with Gasteiger partial charge in [-0.25, -0.2) is 8.42 Å². The average Bonchev–Trinajstić information content (AvgIpc) is 2.63. The molecular weight excluding hydrogens is 416 g/mol. The lowest BCUT2D eigenvalue weighted by atomic mass is 10.2. The molecule has 0 spiro atoms. The second kappa shape index (κ2) is 9.76. The number of halogens is 1. The number of nitrogens with one attached hydrogen (secondary N) is 2. The molecule has 0 radical (unpaired) electrons. The molecule has 156 valence electrons. The number of rotatable bonds is 8. The van der Waals surface area contributed by atoms with Gasteiger partial charge in [-0.1, -0.05) is 36.2 Å². The van der Waals surface area contributed by atoms with Crippen LogP contribution < -0.4 is 15.4 Å². The smallest absolute Gasteiger partial charge is 0.242 e.